The molecule has 2 aromatic rings. The highest BCUT2D eigenvalue weighted by molar-refractivity contribution is 5.98. The second kappa shape index (κ2) is 6.53. The number of fused-ring (bicyclic) bond motifs is 1. The van der Waals surface area contributed by atoms with Crippen molar-refractivity contribution < 1.29 is 9.90 Å². The maximum atomic E-state index is 12.5. The van der Waals surface area contributed by atoms with Gasteiger partial charge in [0.05, 0.1) is 6.10 Å². The molecule has 1 aromatic heterocycles. The van der Waals surface area contributed by atoms with Crippen molar-refractivity contribution in [3.05, 3.63) is 36.0 Å². The minimum absolute atomic E-state index is 0.0156. The minimum Gasteiger partial charge on any atom is -0.393 e. The molecule has 1 aliphatic rings. The first-order valence-corrected chi connectivity index (χ1v) is 8.23. The zero-order valence-electron chi connectivity index (χ0n) is 13.1. The van der Waals surface area contributed by atoms with Crippen LogP contribution in [0.3, 0.4) is 0 Å². The third-order valence-electron chi connectivity index (χ3n) is 4.67. The summed E-state index contributed by atoms with van der Waals surface area (Å²) in [6, 6.07) is 10.0. The largest absolute Gasteiger partial charge is 0.393 e. The maximum Gasteiger partial charge on any atom is 0.267 e. The Balaban J connectivity index is 1.72. The Morgan fingerprint density at radius 3 is 2.95 bits per heavy atom. The average molecular weight is 300 g/mol. The molecule has 118 valence electrons. The SMILES string of the molecule is CCn1c(C(=O)NCC2CCCC(O)C2)cc2ccccc21. The molecule has 4 nitrogen and oxygen atoms in total. The van der Waals surface area contributed by atoms with Gasteiger partial charge in [-0.3, -0.25) is 4.79 Å². The predicted molar refractivity (Wildman–Crippen MR) is 87.9 cm³/mol. The van der Waals surface area contributed by atoms with E-state index in [4.69, 9.17) is 0 Å². The smallest absolute Gasteiger partial charge is 0.267 e. The lowest BCUT2D eigenvalue weighted by atomic mass is 9.87. The molecule has 0 radical (unpaired) electrons. The maximum absolute atomic E-state index is 12.5. The number of amides is 1. The lowest BCUT2D eigenvalue weighted by Crippen LogP contribution is -2.33. The van der Waals surface area contributed by atoms with Gasteiger partial charge in [0.25, 0.3) is 5.91 Å². The molecule has 0 spiro atoms. The molecule has 1 heterocycles. The highest BCUT2D eigenvalue weighted by Crippen LogP contribution is 2.24. The van der Waals surface area contributed by atoms with Crippen molar-refractivity contribution in [2.45, 2.75) is 45.3 Å². The van der Waals surface area contributed by atoms with Gasteiger partial charge >= 0.3 is 0 Å². The molecular formula is C18H24N2O2. The molecule has 0 aliphatic heterocycles. The summed E-state index contributed by atoms with van der Waals surface area (Å²) in [6.07, 6.45) is 3.65. The Bertz CT molecular complexity index is 662. The summed E-state index contributed by atoms with van der Waals surface area (Å²) in [5.74, 6) is 0.380. The van der Waals surface area contributed by atoms with Crippen LogP contribution >= 0.6 is 0 Å². The van der Waals surface area contributed by atoms with Crippen LogP contribution in [0.4, 0.5) is 0 Å². The second-order valence-electron chi connectivity index (χ2n) is 6.23. The fourth-order valence-corrected chi connectivity index (χ4v) is 3.51. The molecule has 2 N–H and O–H groups in total. The summed E-state index contributed by atoms with van der Waals surface area (Å²) >= 11 is 0. The molecule has 0 bridgehead atoms. The van der Waals surface area contributed by atoms with Crippen LogP contribution in [0.15, 0.2) is 30.3 Å². The molecule has 1 aromatic carbocycles. The summed E-state index contributed by atoms with van der Waals surface area (Å²) in [7, 11) is 0. The van der Waals surface area contributed by atoms with Crippen molar-refractivity contribution >= 4 is 16.8 Å². The molecule has 22 heavy (non-hydrogen) atoms. The van der Waals surface area contributed by atoms with Crippen molar-refractivity contribution in [1.82, 2.24) is 9.88 Å². The minimum atomic E-state index is -0.197. The number of carbonyl (C=O) groups is 1. The van der Waals surface area contributed by atoms with E-state index in [0.29, 0.717) is 12.5 Å². The number of aromatic nitrogens is 1. The van der Waals surface area contributed by atoms with E-state index in [1.807, 2.05) is 30.3 Å². The summed E-state index contributed by atoms with van der Waals surface area (Å²) in [4.78, 5) is 12.5. The van der Waals surface area contributed by atoms with E-state index in [2.05, 4.69) is 16.8 Å². The number of hydrogen-bond donors (Lipinski definition) is 2. The summed E-state index contributed by atoms with van der Waals surface area (Å²) in [5.41, 5.74) is 1.82. The Labute approximate surface area is 131 Å². The molecule has 3 rings (SSSR count). The molecule has 2 atom stereocenters. The molecule has 1 fully saturated rings. The number of benzene rings is 1. The van der Waals surface area contributed by atoms with Crippen LogP contribution in [-0.2, 0) is 6.54 Å². The number of aliphatic hydroxyl groups excluding tert-OH is 1. The highest BCUT2D eigenvalue weighted by Gasteiger charge is 2.21. The zero-order chi connectivity index (χ0) is 15.5. The van der Waals surface area contributed by atoms with Crippen LogP contribution < -0.4 is 5.32 Å². The van der Waals surface area contributed by atoms with Gasteiger partial charge in [0.15, 0.2) is 0 Å². The molecule has 0 saturated heterocycles. The van der Waals surface area contributed by atoms with Gasteiger partial charge in [0.1, 0.15) is 5.69 Å². The van der Waals surface area contributed by atoms with Gasteiger partial charge in [-0.05, 0) is 44.2 Å². The van der Waals surface area contributed by atoms with Crippen molar-refractivity contribution in [3.8, 4) is 0 Å². The predicted octanol–water partition coefficient (Wildman–Crippen LogP) is 2.94. The fraction of sp³-hybridized carbons (Fsp3) is 0.500. The quantitative estimate of drug-likeness (QED) is 0.912. The zero-order valence-corrected chi connectivity index (χ0v) is 13.1. The number of aryl methyl sites for hydroxylation is 1. The number of hydrogen-bond acceptors (Lipinski definition) is 2. The van der Waals surface area contributed by atoms with Crippen molar-refractivity contribution in [2.24, 2.45) is 5.92 Å². The van der Waals surface area contributed by atoms with Crippen LogP contribution in [-0.4, -0.2) is 28.2 Å². The monoisotopic (exact) mass is 300 g/mol. The highest BCUT2D eigenvalue weighted by atomic mass is 16.3. The Morgan fingerprint density at radius 1 is 1.36 bits per heavy atom. The number of nitrogens with zero attached hydrogens (tertiary/aromatic N) is 1. The molecule has 1 amide bonds. The van der Waals surface area contributed by atoms with E-state index in [9.17, 15) is 9.90 Å². The first-order valence-electron chi connectivity index (χ1n) is 8.23. The lowest BCUT2D eigenvalue weighted by molar-refractivity contribution is 0.0867. The number of rotatable bonds is 4. The van der Waals surface area contributed by atoms with E-state index in [0.717, 1.165) is 48.8 Å². The molecule has 2 unspecified atom stereocenters. The van der Waals surface area contributed by atoms with Crippen molar-refractivity contribution in [1.29, 1.82) is 0 Å². The van der Waals surface area contributed by atoms with E-state index in [-0.39, 0.29) is 12.0 Å². The number of nitrogens with one attached hydrogen (secondary N) is 1. The van der Waals surface area contributed by atoms with Crippen LogP contribution in [0.5, 0.6) is 0 Å². The summed E-state index contributed by atoms with van der Waals surface area (Å²) < 4.78 is 2.06. The normalized spacial score (nSPS) is 21.9. The van der Waals surface area contributed by atoms with E-state index < -0.39 is 0 Å². The summed E-state index contributed by atoms with van der Waals surface area (Å²) in [6.45, 7) is 3.49. The Kier molecular flexibility index (Phi) is 4.48. The van der Waals surface area contributed by atoms with Gasteiger partial charge in [-0.15, -0.1) is 0 Å². The lowest BCUT2D eigenvalue weighted by Gasteiger charge is -2.25. The molecule has 1 saturated carbocycles. The molecule has 1 aliphatic carbocycles. The van der Waals surface area contributed by atoms with Gasteiger partial charge in [-0.25, -0.2) is 0 Å². The standard InChI is InChI=1S/C18H24N2O2/c1-2-20-16-9-4-3-7-14(16)11-17(20)18(22)19-12-13-6-5-8-15(21)10-13/h3-4,7,9,11,13,15,21H,2,5-6,8,10,12H2,1H3,(H,19,22). The third kappa shape index (κ3) is 3.02. The van der Waals surface area contributed by atoms with Gasteiger partial charge in [-0.2, -0.15) is 0 Å². The van der Waals surface area contributed by atoms with E-state index in [1.54, 1.807) is 0 Å². The molecular weight excluding hydrogens is 276 g/mol. The second-order valence-corrected chi connectivity index (χ2v) is 6.23. The van der Waals surface area contributed by atoms with E-state index >= 15 is 0 Å². The summed E-state index contributed by atoms with van der Waals surface area (Å²) in [5, 5.41) is 13.9. The van der Waals surface area contributed by atoms with Crippen LogP contribution in [0.1, 0.15) is 43.1 Å². The average Bonchev–Trinajstić information content (AvgIpc) is 2.91. The fourth-order valence-electron chi connectivity index (χ4n) is 3.51. The topological polar surface area (TPSA) is 54.3 Å². The van der Waals surface area contributed by atoms with Gasteiger partial charge in [0, 0.05) is 24.0 Å². The van der Waals surface area contributed by atoms with Gasteiger partial charge < -0.3 is 15.0 Å². The van der Waals surface area contributed by atoms with Gasteiger partial charge in [-0.1, -0.05) is 24.6 Å². The van der Waals surface area contributed by atoms with Crippen molar-refractivity contribution in [2.75, 3.05) is 6.54 Å². The van der Waals surface area contributed by atoms with Gasteiger partial charge in [0.2, 0.25) is 0 Å². The van der Waals surface area contributed by atoms with Crippen LogP contribution in [0.25, 0.3) is 10.9 Å². The number of aliphatic hydroxyl groups is 1. The number of para-hydroxylation sites is 1. The first-order chi connectivity index (χ1) is 10.7. The van der Waals surface area contributed by atoms with Crippen LogP contribution in [0, 0.1) is 5.92 Å². The number of carbonyl (C=O) groups excluding carboxylic acids is 1. The van der Waals surface area contributed by atoms with Crippen LogP contribution in [0.2, 0.25) is 0 Å². The van der Waals surface area contributed by atoms with E-state index in [1.165, 1.54) is 0 Å². The molecule has 4 heteroatoms. The Hall–Kier alpha value is -1.81. The van der Waals surface area contributed by atoms with Crippen molar-refractivity contribution in [3.63, 3.8) is 0 Å². The third-order valence-corrected chi connectivity index (χ3v) is 4.67. The Morgan fingerprint density at radius 2 is 2.18 bits per heavy atom. The first kappa shape index (κ1) is 15.1.